The molecule has 28 heavy (non-hydrogen) atoms. The van der Waals surface area contributed by atoms with Crippen LogP contribution in [0.1, 0.15) is 33.4 Å². The molecule has 0 spiro atoms. The molecule has 0 atom stereocenters. The minimum Gasteiger partial charge on any atom is -0.205 e. The molecule has 0 aliphatic carbocycles. The van der Waals surface area contributed by atoms with Gasteiger partial charge in [-0.25, -0.2) is 8.78 Å². The lowest BCUT2D eigenvalue weighted by atomic mass is 9.89. The second-order valence-corrected chi connectivity index (χ2v) is 8.31. The summed E-state index contributed by atoms with van der Waals surface area (Å²) in [7, 11) is 0. The van der Waals surface area contributed by atoms with Crippen LogP contribution in [0.2, 0.25) is 10.0 Å². The number of halogens is 4. The van der Waals surface area contributed by atoms with Crippen molar-refractivity contribution in [3.05, 3.63) is 79.3 Å². The van der Waals surface area contributed by atoms with E-state index in [2.05, 4.69) is 0 Å². The van der Waals surface area contributed by atoms with Crippen molar-refractivity contribution >= 4 is 23.2 Å². The van der Waals surface area contributed by atoms with E-state index in [0.717, 1.165) is 33.4 Å². The number of hydrogen-bond acceptors (Lipinski definition) is 0. The average Bonchev–Trinajstić information content (AvgIpc) is 2.57. The van der Waals surface area contributed by atoms with Crippen molar-refractivity contribution in [2.45, 2.75) is 41.5 Å². The second kappa shape index (κ2) is 7.50. The molecule has 0 aliphatic rings. The molecule has 0 fully saturated rings. The highest BCUT2D eigenvalue weighted by molar-refractivity contribution is 6.38. The van der Waals surface area contributed by atoms with E-state index in [4.69, 9.17) is 23.2 Å². The maximum Gasteiger partial charge on any atom is 0.151 e. The molecule has 0 aliphatic heterocycles. The first kappa shape index (κ1) is 20.8. The van der Waals surface area contributed by atoms with Gasteiger partial charge >= 0.3 is 0 Å². The highest BCUT2D eigenvalue weighted by Crippen LogP contribution is 2.46. The van der Waals surface area contributed by atoms with Gasteiger partial charge in [0.25, 0.3) is 0 Å². The quantitative estimate of drug-likeness (QED) is 0.366. The highest BCUT2D eigenvalue weighted by Gasteiger charge is 2.27. The van der Waals surface area contributed by atoms with Crippen molar-refractivity contribution < 1.29 is 8.78 Å². The maximum absolute atomic E-state index is 15.5. The lowest BCUT2D eigenvalue weighted by Gasteiger charge is -2.20. The Labute approximate surface area is 175 Å². The Morgan fingerprint density at radius 1 is 0.500 bits per heavy atom. The average molecular weight is 419 g/mol. The third-order valence-corrected chi connectivity index (χ3v) is 5.83. The van der Waals surface area contributed by atoms with Crippen molar-refractivity contribution in [2.24, 2.45) is 0 Å². The van der Waals surface area contributed by atoms with Crippen molar-refractivity contribution in [3.63, 3.8) is 0 Å². The molecular formula is C24H22Cl2F2. The van der Waals surface area contributed by atoms with Gasteiger partial charge in [0.15, 0.2) is 11.6 Å². The van der Waals surface area contributed by atoms with Crippen LogP contribution in [-0.2, 0) is 0 Å². The molecule has 0 radical (unpaired) electrons. The molecule has 3 aromatic carbocycles. The summed E-state index contributed by atoms with van der Waals surface area (Å²) < 4.78 is 31.0. The van der Waals surface area contributed by atoms with E-state index in [-0.39, 0.29) is 21.2 Å². The van der Waals surface area contributed by atoms with Crippen LogP contribution in [0.25, 0.3) is 22.3 Å². The number of hydrogen-bond donors (Lipinski definition) is 0. The molecule has 146 valence electrons. The van der Waals surface area contributed by atoms with Crippen LogP contribution >= 0.6 is 23.2 Å². The van der Waals surface area contributed by atoms with Crippen LogP contribution < -0.4 is 0 Å². The summed E-state index contributed by atoms with van der Waals surface area (Å²) in [5.74, 6) is -1.39. The molecule has 0 saturated heterocycles. The molecule has 0 N–H and O–H groups in total. The number of aryl methyl sites for hydroxylation is 6. The van der Waals surface area contributed by atoms with Gasteiger partial charge in [0.05, 0.1) is 10.0 Å². The monoisotopic (exact) mass is 418 g/mol. The summed E-state index contributed by atoms with van der Waals surface area (Å²) in [4.78, 5) is 0. The molecule has 3 aromatic rings. The molecule has 0 heterocycles. The Morgan fingerprint density at radius 2 is 0.750 bits per heavy atom. The topological polar surface area (TPSA) is 0 Å². The van der Waals surface area contributed by atoms with Gasteiger partial charge in [0.1, 0.15) is 0 Å². The van der Waals surface area contributed by atoms with E-state index >= 15 is 8.78 Å². The zero-order valence-electron chi connectivity index (χ0n) is 16.8. The number of rotatable bonds is 2. The SMILES string of the molecule is Cc1cc(C)c(-c2c(F)c(Cl)c(-c3c(C)cc(C)cc3C)c(F)c2Cl)c(C)c1. The normalized spacial score (nSPS) is 11.2. The van der Waals surface area contributed by atoms with Gasteiger partial charge in [-0.05, 0) is 74.9 Å². The zero-order chi connectivity index (χ0) is 20.9. The molecular weight excluding hydrogens is 397 g/mol. The van der Waals surface area contributed by atoms with E-state index in [9.17, 15) is 0 Å². The summed E-state index contributed by atoms with van der Waals surface area (Å²) in [5.41, 5.74) is 6.59. The molecule has 0 aromatic heterocycles. The van der Waals surface area contributed by atoms with Crippen molar-refractivity contribution in [1.82, 2.24) is 0 Å². The smallest absolute Gasteiger partial charge is 0.151 e. The van der Waals surface area contributed by atoms with Crippen molar-refractivity contribution in [1.29, 1.82) is 0 Å². The summed E-state index contributed by atoms with van der Waals surface area (Å²) >= 11 is 12.8. The summed E-state index contributed by atoms with van der Waals surface area (Å²) in [5, 5.41) is -0.488. The van der Waals surface area contributed by atoms with Gasteiger partial charge in [0, 0.05) is 11.1 Å². The standard InChI is InChI=1S/C24H22Cl2F2/c1-11-7-13(3)17(14(4)8-11)19-21(25)24(28)20(22(26)23(19)27)18-15(5)9-12(2)10-16(18)6/h7-10H,1-6H3. The van der Waals surface area contributed by atoms with Crippen LogP contribution in [0.4, 0.5) is 8.78 Å². The summed E-state index contributed by atoms with van der Waals surface area (Å²) in [6, 6.07) is 7.69. The third-order valence-electron chi connectivity index (χ3n) is 5.12. The minimum atomic E-state index is -0.697. The Kier molecular flexibility index (Phi) is 5.58. The Hall–Kier alpha value is -1.90. The van der Waals surface area contributed by atoms with E-state index in [0.29, 0.717) is 11.1 Å². The molecule has 0 saturated carbocycles. The zero-order valence-corrected chi connectivity index (χ0v) is 18.3. The Morgan fingerprint density at radius 3 is 1.00 bits per heavy atom. The highest BCUT2D eigenvalue weighted by atomic mass is 35.5. The summed E-state index contributed by atoms with van der Waals surface area (Å²) in [6.07, 6.45) is 0. The first-order valence-electron chi connectivity index (χ1n) is 9.07. The first-order chi connectivity index (χ1) is 13.0. The van der Waals surface area contributed by atoms with Gasteiger partial charge < -0.3 is 0 Å². The molecule has 0 bridgehead atoms. The second-order valence-electron chi connectivity index (χ2n) is 7.55. The van der Waals surface area contributed by atoms with Crippen LogP contribution in [0.5, 0.6) is 0 Å². The summed E-state index contributed by atoms with van der Waals surface area (Å²) in [6.45, 7) is 11.4. The fourth-order valence-electron chi connectivity index (χ4n) is 4.22. The largest absolute Gasteiger partial charge is 0.205 e. The predicted molar refractivity (Wildman–Crippen MR) is 116 cm³/mol. The van der Waals surface area contributed by atoms with Crippen LogP contribution in [0.15, 0.2) is 24.3 Å². The van der Waals surface area contributed by atoms with Gasteiger partial charge in [0.2, 0.25) is 0 Å². The Balaban J connectivity index is 2.41. The molecule has 0 nitrogen and oxygen atoms in total. The fourth-order valence-corrected chi connectivity index (χ4v) is 4.76. The lowest BCUT2D eigenvalue weighted by Crippen LogP contribution is -2.02. The fraction of sp³-hybridized carbons (Fsp3) is 0.250. The van der Waals surface area contributed by atoms with Gasteiger partial charge in [-0.15, -0.1) is 0 Å². The van der Waals surface area contributed by atoms with Crippen molar-refractivity contribution in [2.75, 3.05) is 0 Å². The lowest BCUT2D eigenvalue weighted by molar-refractivity contribution is 0.606. The number of benzene rings is 3. The van der Waals surface area contributed by atoms with Crippen LogP contribution in [0.3, 0.4) is 0 Å². The first-order valence-corrected chi connectivity index (χ1v) is 9.82. The van der Waals surface area contributed by atoms with Gasteiger partial charge in [-0.3, -0.25) is 0 Å². The molecule has 4 heteroatoms. The minimum absolute atomic E-state index is 0.0188. The van der Waals surface area contributed by atoms with Crippen LogP contribution in [0, 0.1) is 53.2 Å². The molecule has 3 rings (SSSR count). The van der Waals surface area contributed by atoms with E-state index in [1.54, 1.807) is 0 Å². The molecule has 0 amide bonds. The van der Waals surface area contributed by atoms with Crippen LogP contribution in [-0.4, -0.2) is 0 Å². The van der Waals surface area contributed by atoms with E-state index in [1.807, 2.05) is 65.8 Å². The van der Waals surface area contributed by atoms with Crippen molar-refractivity contribution in [3.8, 4) is 22.3 Å². The molecule has 0 unspecified atom stereocenters. The van der Waals surface area contributed by atoms with E-state index in [1.165, 1.54) is 0 Å². The Bertz CT molecular complexity index is 951. The third kappa shape index (κ3) is 3.33. The maximum atomic E-state index is 15.5. The van der Waals surface area contributed by atoms with Gasteiger partial charge in [-0.2, -0.15) is 0 Å². The predicted octanol–water partition coefficient (Wildman–Crippen LogP) is 8.46. The van der Waals surface area contributed by atoms with Gasteiger partial charge in [-0.1, -0.05) is 58.6 Å². The van der Waals surface area contributed by atoms with E-state index < -0.39 is 11.6 Å².